The highest BCUT2D eigenvalue weighted by molar-refractivity contribution is 5.84. The number of nitrogens with one attached hydrogen (secondary N) is 2. The normalized spacial score (nSPS) is 11.8. The minimum atomic E-state index is -0.272. The molecule has 1 aromatic rings. The Bertz CT molecular complexity index is 460. The molecule has 1 aromatic carbocycles. The maximum Gasteiger partial charge on any atom is 0.275 e. The highest BCUT2D eigenvalue weighted by Crippen LogP contribution is 2.00. The zero-order valence-electron chi connectivity index (χ0n) is 12.1. The van der Waals surface area contributed by atoms with Crippen LogP contribution in [0.1, 0.15) is 5.56 Å². The summed E-state index contributed by atoms with van der Waals surface area (Å²) in [5, 5.41) is 2.58. The van der Waals surface area contributed by atoms with Crippen molar-refractivity contribution in [1.29, 1.82) is 0 Å². The van der Waals surface area contributed by atoms with Crippen molar-refractivity contribution < 1.29 is 18.9 Å². The number of hydrogen-bond acceptors (Lipinski definition) is 2. The average Bonchev–Trinajstić information content (AvgIpc) is 2.38. The van der Waals surface area contributed by atoms with Gasteiger partial charge in [0.25, 0.3) is 5.91 Å². The number of halogens is 1. The third-order valence-electron chi connectivity index (χ3n) is 2.82. The molecule has 0 aromatic heterocycles. The van der Waals surface area contributed by atoms with Gasteiger partial charge >= 0.3 is 0 Å². The minimum absolute atomic E-state index is 0.00958. The van der Waals surface area contributed by atoms with Crippen molar-refractivity contribution in [3.05, 3.63) is 35.6 Å². The van der Waals surface area contributed by atoms with E-state index in [0.29, 0.717) is 6.54 Å². The van der Waals surface area contributed by atoms with E-state index >= 15 is 0 Å². The third kappa shape index (κ3) is 5.79. The molecule has 2 N–H and O–H groups in total. The number of nitrogens with zero attached hydrogens (tertiary/aromatic N) is 1. The van der Waals surface area contributed by atoms with Crippen LogP contribution in [-0.4, -0.2) is 50.9 Å². The van der Waals surface area contributed by atoms with E-state index in [1.807, 2.05) is 7.05 Å². The van der Waals surface area contributed by atoms with E-state index in [1.54, 1.807) is 26.2 Å². The molecular weight excluding hydrogens is 261 g/mol. The number of benzene rings is 1. The molecule has 20 heavy (non-hydrogen) atoms. The lowest BCUT2D eigenvalue weighted by molar-refractivity contribution is -0.885. The molecule has 5 nitrogen and oxygen atoms in total. The number of amides is 2. The van der Waals surface area contributed by atoms with E-state index in [2.05, 4.69) is 5.32 Å². The summed E-state index contributed by atoms with van der Waals surface area (Å²) in [7, 11) is 5.15. The predicted molar refractivity (Wildman–Crippen MR) is 73.6 cm³/mol. The lowest BCUT2D eigenvalue weighted by Crippen LogP contribution is -3.08. The standard InChI is InChI=1S/C14H20FN3O2/c1-17(2)14(20)8-16-13(19)10-18(3)9-11-4-6-12(15)7-5-11/h4-7H,8-10H2,1-3H3,(H,16,19)/p+1. The van der Waals surface area contributed by atoms with Gasteiger partial charge in [0.05, 0.1) is 13.6 Å². The fourth-order valence-electron chi connectivity index (χ4n) is 1.68. The lowest BCUT2D eigenvalue weighted by Gasteiger charge is -2.15. The van der Waals surface area contributed by atoms with Crippen LogP contribution in [-0.2, 0) is 16.1 Å². The zero-order chi connectivity index (χ0) is 15.1. The van der Waals surface area contributed by atoms with Crippen molar-refractivity contribution in [1.82, 2.24) is 10.2 Å². The first kappa shape index (κ1) is 16.1. The largest absolute Gasteiger partial charge is 0.347 e. The van der Waals surface area contributed by atoms with Crippen molar-refractivity contribution in [3.63, 3.8) is 0 Å². The van der Waals surface area contributed by atoms with Gasteiger partial charge in [0, 0.05) is 19.7 Å². The van der Waals surface area contributed by atoms with Gasteiger partial charge in [0.15, 0.2) is 6.54 Å². The van der Waals surface area contributed by atoms with Crippen LogP contribution in [0, 0.1) is 5.82 Å². The van der Waals surface area contributed by atoms with Crippen molar-refractivity contribution >= 4 is 11.8 Å². The quantitative estimate of drug-likeness (QED) is 0.706. The second kappa shape index (κ2) is 7.59. The van der Waals surface area contributed by atoms with Crippen molar-refractivity contribution in [2.75, 3.05) is 34.2 Å². The zero-order valence-corrected chi connectivity index (χ0v) is 12.1. The fraction of sp³-hybridized carbons (Fsp3) is 0.429. The summed E-state index contributed by atoms with van der Waals surface area (Å²) in [5.41, 5.74) is 0.959. The van der Waals surface area contributed by atoms with E-state index in [1.165, 1.54) is 17.0 Å². The third-order valence-corrected chi connectivity index (χ3v) is 2.82. The summed E-state index contributed by atoms with van der Waals surface area (Å²) >= 11 is 0. The first-order chi connectivity index (χ1) is 9.38. The molecule has 0 aliphatic heterocycles. The molecule has 0 aliphatic rings. The Balaban J connectivity index is 2.34. The van der Waals surface area contributed by atoms with Gasteiger partial charge in [-0.15, -0.1) is 0 Å². The molecule has 110 valence electrons. The van der Waals surface area contributed by atoms with Crippen LogP contribution < -0.4 is 10.2 Å². The Morgan fingerprint density at radius 3 is 2.40 bits per heavy atom. The van der Waals surface area contributed by atoms with Gasteiger partial charge < -0.3 is 15.1 Å². The predicted octanol–water partition coefficient (Wildman–Crippen LogP) is -0.955. The number of hydrogen-bond donors (Lipinski definition) is 2. The Kier molecular flexibility index (Phi) is 6.11. The first-order valence-corrected chi connectivity index (χ1v) is 6.41. The summed E-state index contributed by atoms with van der Waals surface area (Å²) in [6.07, 6.45) is 0. The van der Waals surface area contributed by atoms with E-state index in [9.17, 15) is 14.0 Å². The molecule has 0 aliphatic carbocycles. The molecule has 1 rings (SSSR count). The molecular formula is C14H21FN3O2+. The van der Waals surface area contributed by atoms with E-state index in [4.69, 9.17) is 0 Å². The Labute approximate surface area is 118 Å². The van der Waals surface area contributed by atoms with Gasteiger partial charge in [-0.3, -0.25) is 9.59 Å². The molecule has 1 unspecified atom stereocenters. The molecule has 0 bridgehead atoms. The van der Waals surface area contributed by atoms with Crippen LogP contribution in [0.2, 0.25) is 0 Å². The van der Waals surface area contributed by atoms with E-state index in [0.717, 1.165) is 10.5 Å². The number of carbonyl (C=O) groups excluding carboxylic acids is 2. The molecule has 0 fully saturated rings. The molecule has 0 spiro atoms. The summed E-state index contributed by atoms with van der Waals surface area (Å²) in [6, 6.07) is 6.20. The van der Waals surface area contributed by atoms with Gasteiger partial charge in [-0.1, -0.05) is 12.1 Å². The number of carbonyl (C=O) groups is 2. The van der Waals surface area contributed by atoms with Crippen molar-refractivity contribution in [2.24, 2.45) is 0 Å². The Morgan fingerprint density at radius 2 is 1.85 bits per heavy atom. The van der Waals surface area contributed by atoms with E-state index < -0.39 is 0 Å². The van der Waals surface area contributed by atoms with E-state index in [-0.39, 0.29) is 30.7 Å². The second-order valence-electron chi connectivity index (χ2n) is 5.00. The van der Waals surface area contributed by atoms with Crippen LogP contribution in [0.15, 0.2) is 24.3 Å². The van der Waals surface area contributed by atoms with Crippen molar-refractivity contribution in [3.8, 4) is 0 Å². The fourth-order valence-corrected chi connectivity index (χ4v) is 1.68. The minimum Gasteiger partial charge on any atom is -0.347 e. The van der Waals surface area contributed by atoms with Gasteiger partial charge in [-0.2, -0.15) is 0 Å². The summed E-state index contributed by atoms with van der Waals surface area (Å²) < 4.78 is 12.8. The summed E-state index contributed by atoms with van der Waals surface area (Å²) in [5.74, 6) is -0.597. The first-order valence-electron chi connectivity index (χ1n) is 6.41. The number of rotatable bonds is 6. The molecule has 0 saturated carbocycles. The highest BCUT2D eigenvalue weighted by Gasteiger charge is 2.12. The smallest absolute Gasteiger partial charge is 0.275 e. The SMILES string of the molecule is CN(C)C(=O)CNC(=O)C[NH+](C)Cc1ccc(F)cc1. The van der Waals surface area contributed by atoms with Crippen LogP contribution in [0.5, 0.6) is 0 Å². The maximum absolute atomic E-state index is 12.8. The average molecular weight is 282 g/mol. The van der Waals surface area contributed by atoms with Gasteiger partial charge in [0.2, 0.25) is 5.91 Å². The number of quaternary nitrogens is 1. The van der Waals surface area contributed by atoms with Crippen LogP contribution in [0.25, 0.3) is 0 Å². The molecule has 2 amide bonds. The van der Waals surface area contributed by atoms with Gasteiger partial charge in [-0.05, 0) is 12.1 Å². The van der Waals surface area contributed by atoms with Crippen LogP contribution in [0.4, 0.5) is 4.39 Å². The topological polar surface area (TPSA) is 53.9 Å². The molecule has 0 saturated heterocycles. The number of likely N-dealkylation sites (N-methyl/N-ethyl adjacent to an activating group) is 2. The summed E-state index contributed by atoms with van der Waals surface area (Å²) in [6.45, 7) is 0.892. The lowest BCUT2D eigenvalue weighted by atomic mass is 10.2. The van der Waals surface area contributed by atoms with Crippen molar-refractivity contribution in [2.45, 2.75) is 6.54 Å². The Morgan fingerprint density at radius 1 is 1.25 bits per heavy atom. The maximum atomic E-state index is 12.8. The van der Waals surface area contributed by atoms with Gasteiger partial charge in [0.1, 0.15) is 12.4 Å². The molecule has 6 heteroatoms. The monoisotopic (exact) mass is 282 g/mol. The molecule has 0 heterocycles. The van der Waals surface area contributed by atoms with Gasteiger partial charge in [-0.25, -0.2) is 4.39 Å². The second-order valence-corrected chi connectivity index (χ2v) is 5.00. The summed E-state index contributed by atoms with van der Waals surface area (Å²) in [4.78, 5) is 25.4. The Hall–Kier alpha value is -1.95. The highest BCUT2D eigenvalue weighted by atomic mass is 19.1. The van der Waals surface area contributed by atoms with Crippen LogP contribution in [0.3, 0.4) is 0 Å². The van der Waals surface area contributed by atoms with Crippen LogP contribution >= 0.6 is 0 Å². The molecule has 0 radical (unpaired) electrons. The molecule has 1 atom stereocenters.